The van der Waals surface area contributed by atoms with Crippen LogP contribution in [0.3, 0.4) is 0 Å². The molecule has 3 N–H and O–H groups in total. The van der Waals surface area contributed by atoms with Gasteiger partial charge in [-0.3, -0.25) is 0 Å². The van der Waals surface area contributed by atoms with Crippen LogP contribution in [0.5, 0.6) is 0 Å². The van der Waals surface area contributed by atoms with Crippen LogP contribution in [-0.2, 0) is 9.47 Å². The quantitative estimate of drug-likeness (QED) is 0.374. The van der Waals surface area contributed by atoms with E-state index in [1.54, 1.807) is 0 Å². The SMILES string of the molecule is CC(CC1OC(C)(C)OC1C(C)(C)O)C1CC=C2C1(C)CCC1C3(C)CCC(O)C(C)(C)C3CC(O)C21C. The highest BCUT2D eigenvalue weighted by Crippen LogP contribution is 2.73. The van der Waals surface area contributed by atoms with Gasteiger partial charge in [-0.1, -0.05) is 53.2 Å². The van der Waals surface area contributed by atoms with Crippen LogP contribution < -0.4 is 0 Å². The number of aliphatic hydroxyl groups is 3. The second kappa shape index (κ2) is 8.77. The zero-order valence-electron chi connectivity index (χ0n) is 25.8. The van der Waals surface area contributed by atoms with Crippen molar-refractivity contribution in [2.24, 2.45) is 45.3 Å². The van der Waals surface area contributed by atoms with Crippen LogP contribution in [0.1, 0.15) is 114 Å². The topological polar surface area (TPSA) is 79.2 Å². The van der Waals surface area contributed by atoms with Gasteiger partial charge in [-0.05, 0) is 113 Å². The molecule has 0 radical (unpaired) electrons. The van der Waals surface area contributed by atoms with Gasteiger partial charge in [0.25, 0.3) is 0 Å². The van der Waals surface area contributed by atoms with Crippen LogP contribution in [0.15, 0.2) is 11.6 Å². The lowest BCUT2D eigenvalue weighted by molar-refractivity contribution is -0.212. The summed E-state index contributed by atoms with van der Waals surface area (Å²) in [7, 11) is 0. The third-order valence-electron chi connectivity index (χ3n) is 12.9. The molecule has 0 aromatic rings. The minimum atomic E-state index is -0.966. The third kappa shape index (κ3) is 4.03. The largest absolute Gasteiger partial charge is 0.393 e. The van der Waals surface area contributed by atoms with E-state index in [0.29, 0.717) is 23.7 Å². The maximum absolute atomic E-state index is 11.9. The Morgan fingerprint density at radius 2 is 1.61 bits per heavy atom. The van der Waals surface area contributed by atoms with Crippen LogP contribution >= 0.6 is 0 Å². The molecule has 38 heavy (non-hydrogen) atoms. The maximum Gasteiger partial charge on any atom is 0.163 e. The molecule has 4 aliphatic carbocycles. The molecule has 0 bridgehead atoms. The first-order valence-corrected chi connectivity index (χ1v) is 15.4. The summed E-state index contributed by atoms with van der Waals surface area (Å²) in [6.07, 6.45) is 8.19. The Hall–Kier alpha value is -0.460. The van der Waals surface area contributed by atoms with Crippen molar-refractivity contribution < 1.29 is 24.8 Å². The Balaban J connectivity index is 1.41. The van der Waals surface area contributed by atoms with E-state index in [1.165, 1.54) is 5.57 Å². The summed E-state index contributed by atoms with van der Waals surface area (Å²) in [5.41, 5.74) is 0.311. The highest BCUT2D eigenvalue weighted by molar-refractivity contribution is 5.36. The lowest BCUT2D eigenvalue weighted by Gasteiger charge is -2.68. The van der Waals surface area contributed by atoms with Crippen molar-refractivity contribution in [1.82, 2.24) is 0 Å². The Bertz CT molecular complexity index is 963. The molecule has 1 saturated heterocycles. The molecule has 0 aromatic carbocycles. The van der Waals surface area contributed by atoms with Crippen molar-refractivity contribution in [2.75, 3.05) is 0 Å². The molecular formula is C33H56O5. The van der Waals surface area contributed by atoms with E-state index in [1.807, 2.05) is 27.7 Å². The fraction of sp³-hybridized carbons (Fsp3) is 0.939. The van der Waals surface area contributed by atoms with Crippen LogP contribution in [0, 0.1) is 45.3 Å². The Morgan fingerprint density at radius 3 is 2.24 bits per heavy atom. The van der Waals surface area contributed by atoms with Crippen molar-refractivity contribution in [3.63, 3.8) is 0 Å². The molecule has 5 heteroatoms. The monoisotopic (exact) mass is 532 g/mol. The zero-order valence-corrected chi connectivity index (χ0v) is 25.8. The van der Waals surface area contributed by atoms with Crippen LogP contribution in [0.25, 0.3) is 0 Å². The zero-order chi connectivity index (χ0) is 28.3. The van der Waals surface area contributed by atoms with Crippen molar-refractivity contribution in [3.8, 4) is 0 Å². The fourth-order valence-corrected chi connectivity index (χ4v) is 11.0. The summed E-state index contributed by atoms with van der Waals surface area (Å²) in [6, 6.07) is 0. The maximum atomic E-state index is 11.9. The van der Waals surface area contributed by atoms with E-state index >= 15 is 0 Å². The van der Waals surface area contributed by atoms with E-state index in [2.05, 4.69) is 47.6 Å². The van der Waals surface area contributed by atoms with E-state index < -0.39 is 11.4 Å². The first kappa shape index (κ1) is 29.0. The van der Waals surface area contributed by atoms with Gasteiger partial charge in [0, 0.05) is 5.41 Å². The summed E-state index contributed by atoms with van der Waals surface area (Å²) < 4.78 is 12.5. The highest BCUT2D eigenvalue weighted by Gasteiger charge is 2.68. The average Bonchev–Trinajstić information content (AvgIpc) is 3.30. The van der Waals surface area contributed by atoms with E-state index in [9.17, 15) is 15.3 Å². The van der Waals surface area contributed by atoms with E-state index in [4.69, 9.17) is 9.47 Å². The highest BCUT2D eigenvalue weighted by atomic mass is 16.8. The molecule has 0 spiro atoms. The average molecular weight is 533 g/mol. The number of ether oxygens (including phenoxy) is 2. The van der Waals surface area contributed by atoms with Gasteiger partial charge in [0.15, 0.2) is 5.79 Å². The summed E-state index contributed by atoms with van der Waals surface area (Å²) >= 11 is 0. The molecule has 5 aliphatic rings. The van der Waals surface area contributed by atoms with Gasteiger partial charge >= 0.3 is 0 Å². The van der Waals surface area contributed by atoms with Gasteiger partial charge in [0.05, 0.1) is 23.9 Å². The molecule has 1 heterocycles. The molecule has 0 aromatic heterocycles. The lowest BCUT2D eigenvalue weighted by atomic mass is 9.37. The second-order valence-electron chi connectivity index (χ2n) is 16.4. The first-order chi connectivity index (χ1) is 17.3. The summed E-state index contributed by atoms with van der Waals surface area (Å²) in [4.78, 5) is 0. The Kier molecular flexibility index (Phi) is 6.70. The van der Waals surface area contributed by atoms with Gasteiger partial charge < -0.3 is 24.8 Å². The van der Waals surface area contributed by atoms with Crippen molar-refractivity contribution in [2.45, 2.75) is 150 Å². The minimum Gasteiger partial charge on any atom is -0.393 e. The standard InChI is InChI=1S/C33H56O5/c1-19(17-21-27(29(4,5)36)38-30(6,7)37-21)20-11-12-22-31(20,8)15-13-23-32(9)16-14-25(34)28(2,3)24(32)18-26(35)33(22,23)10/h12,19-21,23-27,34-36H,11,13-18H2,1-10H3. The van der Waals surface area contributed by atoms with Crippen molar-refractivity contribution in [1.29, 1.82) is 0 Å². The fourth-order valence-electron chi connectivity index (χ4n) is 11.0. The van der Waals surface area contributed by atoms with E-state index in [-0.39, 0.29) is 46.1 Å². The number of hydrogen-bond acceptors (Lipinski definition) is 5. The number of hydrogen-bond donors (Lipinski definition) is 3. The summed E-state index contributed by atoms with van der Waals surface area (Å²) in [5.74, 6) is 0.940. The second-order valence-corrected chi connectivity index (χ2v) is 16.4. The number of allylic oxidation sites excluding steroid dienone is 1. The predicted molar refractivity (Wildman–Crippen MR) is 150 cm³/mol. The molecule has 3 saturated carbocycles. The molecule has 5 nitrogen and oxygen atoms in total. The van der Waals surface area contributed by atoms with E-state index in [0.717, 1.165) is 44.9 Å². The van der Waals surface area contributed by atoms with Gasteiger partial charge in [-0.25, -0.2) is 0 Å². The van der Waals surface area contributed by atoms with Gasteiger partial charge in [0.1, 0.15) is 6.10 Å². The number of fused-ring (bicyclic) bond motifs is 5. The van der Waals surface area contributed by atoms with Crippen LogP contribution in [0.4, 0.5) is 0 Å². The normalized spacial score (nSPS) is 50.6. The Labute approximate surface area is 231 Å². The molecule has 11 atom stereocenters. The molecule has 0 amide bonds. The summed E-state index contributed by atoms with van der Waals surface area (Å²) in [5, 5.41) is 33.7. The number of rotatable bonds is 4. The van der Waals surface area contributed by atoms with Crippen LogP contribution in [0.2, 0.25) is 0 Å². The van der Waals surface area contributed by atoms with Gasteiger partial charge in [-0.2, -0.15) is 0 Å². The minimum absolute atomic E-state index is 0.0533. The number of aliphatic hydroxyl groups excluding tert-OH is 2. The van der Waals surface area contributed by atoms with Gasteiger partial charge in [-0.15, -0.1) is 0 Å². The molecule has 11 unspecified atom stereocenters. The molecule has 1 aliphatic heterocycles. The summed E-state index contributed by atoms with van der Waals surface area (Å²) in [6.45, 7) is 21.7. The first-order valence-electron chi connectivity index (χ1n) is 15.4. The van der Waals surface area contributed by atoms with Crippen molar-refractivity contribution >= 4 is 0 Å². The van der Waals surface area contributed by atoms with Crippen molar-refractivity contribution in [3.05, 3.63) is 11.6 Å². The van der Waals surface area contributed by atoms with Gasteiger partial charge in [0.2, 0.25) is 0 Å². The Morgan fingerprint density at radius 1 is 0.947 bits per heavy atom. The molecule has 218 valence electrons. The lowest BCUT2D eigenvalue weighted by Crippen LogP contribution is -2.65. The predicted octanol–water partition coefficient (Wildman–Crippen LogP) is 6.24. The molecular weight excluding hydrogens is 476 g/mol. The molecule has 5 rings (SSSR count). The van der Waals surface area contributed by atoms with Crippen LogP contribution in [-0.4, -0.2) is 51.1 Å². The third-order valence-corrected chi connectivity index (χ3v) is 12.9. The molecule has 4 fully saturated rings. The smallest absolute Gasteiger partial charge is 0.163 e.